The Morgan fingerprint density at radius 2 is 2.09 bits per heavy atom. The summed E-state index contributed by atoms with van der Waals surface area (Å²) < 4.78 is 0. The second-order valence-electron chi connectivity index (χ2n) is 2.07. The fraction of sp³-hybridized carbons (Fsp3) is 0.750. The molecule has 0 fully saturated rings. The van der Waals surface area contributed by atoms with Crippen LogP contribution in [0.3, 0.4) is 0 Å². The van der Waals surface area contributed by atoms with E-state index in [1.165, 1.54) is 0 Å². The molecular formula is C4H7N5O2. The number of aliphatic carboxylic acids is 1. The van der Waals surface area contributed by atoms with Crippen molar-refractivity contribution in [2.24, 2.45) is 26.4 Å². The summed E-state index contributed by atoms with van der Waals surface area (Å²) in [5, 5.41) is 21.8. The molecule has 1 aliphatic heterocycles. The van der Waals surface area contributed by atoms with Crippen LogP contribution in [0.2, 0.25) is 0 Å². The number of nitrogens with zero attached hydrogens (tertiary/aromatic N) is 4. The van der Waals surface area contributed by atoms with Crippen molar-refractivity contribution in [2.45, 2.75) is 18.6 Å². The van der Waals surface area contributed by atoms with Gasteiger partial charge in [0.1, 0.15) is 6.04 Å². The maximum atomic E-state index is 10.2. The lowest BCUT2D eigenvalue weighted by molar-refractivity contribution is -0.138. The number of hydrogen-bond donors (Lipinski definition) is 2. The topological polar surface area (TPSA) is 113 Å². The van der Waals surface area contributed by atoms with Gasteiger partial charge >= 0.3 is 5.97 Å². The number of carboxylic acids is 1. The Morgan fingerprint density at radius 1 is 1.55 bits per heavy atom. The molecule has 1 heterocycles. The van der Waals surface area contributed by atoms with Crippen molar-refractivity contribution >= 4 is 5.97 Å². The Morgan fingerprint density at radius 3 is 2.55 bits per heavy atom. The van der Waals surface area contributed by atoms with Gasteiger partial charge in [0.2, 0.25) is 0 Å². The van der Waals surface area contributed by atoms with Crippen LogP contribution in [-0.4, -0.2) is 23.3 Å². The van der Waals surface area contributed by atoms with Gasteiger partial charge in [-0.1, -0.05) is 0 Å². The minimum absolute atomic E-state index is 0.141. The van der Waals surface area contributed by atoms with Crippen molar-refractivity contribution in [2.75, 3.05) is 0 Å². The Bertz CT molecular complexity index is 201. The Labute approximate surface area is 62.0 Å². The molecule has 1 atom stereocenters. The average Bonchev–Trinajstić information content (AvgIpc) is 2.39. The maximum Gasteiger partial charge on any atom is 0.320 e. The van der Waals surface area contributed by atoms with Crippen LogP contribution in [-0.2, 0) is 4.79 Å². The number of nitrogens with two attached hydrogens (primary N) is 1. The van der Waals surface area contributed by atoms with Crippen LogP contribution in [0, 0.1) is 0 Å². The molecule has 0 saturated carbocycles. The van der Waals surface area contributed by atoms with Crippen molar-refractivity contribution in [3.8, 4) is 0 Å². The number of rotatable bonds is 3. The summed E-state index contributed by atoms with van der Waals surface area (Å²) in [6.07, 6.45) is -0.372. The molecule has 7 nitrogen and oxygen atoms in total. The molecule has 7 heteroatoms. The van der Waals surface area contributed by atoms with E-state index >= 15 is 0 Å². The highest BCUT2D eigenvalue weighted by atomic mass is 16.4. The molecular weight excluding hydrogens is 150 g/mol. The minimum atomic E-state index is -1.07. The zero-order valence-corrected chi connectivity index (χ0v) is 5.58. The predicted molar refractivity (Wildman–Crippen MR) is 33.7 cm³/mol. The molecule has 0 unspecified atom stereocenters. The standard InChI is InChI=1S/C4H7N5O2/c5-2(4(10)11)1-3-6-8-9-7-3/h2-3H,1,5H2,(H,10,11)/t2-/m0/s1. The SMILES string of the molecule is N[C@@H](CC1N=NN=N1)C(=O)O. The highest BCUT2D eigenvalue weighted by Crippen LogP contribution is 2.09. The highest BCUT2D eigenvalue weighted by molar-refractivity contribution is 5.73. The summed E-state index contributed by atoms with van der Waals surface area (Å²) in [6.45, 7) is 0. The van der Waals surface area contributed by atoms with Crippen LogP contribution in [0.4, 0.5) is 0 Å². The van der Waals surface area contributed by atoms with Crippen LogP contribution in [0.5, 0.6) is 0 Å². The molecule has 0 aromatic heterocycles. The van der Waals surface area contributed by atoms with Crippen molar-refractivity contribution in [1.82, 2.24) is 0 Å². The van der Waals surface area contributed by atoms with E-state index < -0.39 is 18.2 Å². The molecule has 1 rings (SSSR count). The van der Waals surface area contributed by atoms with E-state index in [1.807, 2.05) is 0 Å². The van der Waals surface area contributed by atoms with E-state index in [0.29, 0.717) is 0 Å². The van der Waals surface area contributed by atoms with Crippen LogP contribution in [0.25, 0.3) is 0 Å². The average molecular weight is 157 g/mol. The summed E-state index contributed by atoms with van der Waals surface area (Å²) in [5.74, 6) is -1.07. The van der Waals surface area contributed by atoms with Gasteiger partial charge in [-0.2, -0.15) is 0 Å². The van der Waals surface area contributed by atoms with E-state index in [-0.39, 0.29) is 6.42 Å². The van der Waals surface area contributed by atoms with Crippen molar-refractivity contribution in [3.63, 3.8) is 0 Å². The van der Waals surface area contributed by atoms with Gasteiger partial charge in [-0.25, -0.2) is 0 Å². The van der Waals surface area contributed by atoms with E-state index in [9.17, 15) is 4.79 Å². The Balaban J connectivity index is 2.36. The smallest absolute Gasteiger partial charge is 0.320 e. The molecule has 0 aliphatic carbocycles. The van der Waals surface area contributed by atoms with Gasteiger partial charge in [0.25, 0.3) is 0 Å². The fourth-order valence-electron chi connectivity index (χ4n) is 0.611. The fourth-order valence-corrected chi connectivity index (χ4v) is 0.611. The van der Waals surface area contributed by atoms with Gasteiger partial charge in [0.05, 0.1) is 0 Å². The summed E-state index contributed by atoms with van der Waals surface area (Å²) >= 11 is 0. The van der Waals surface area contributed by atoms with Gasteiger partial charge in [-0.15, -0.1) is 10.2 Å². The summed E-state index contributed by atoms with van der Waals surface area (Å²) in [6, 6.07) is -0.948. The van der Waals surface area contributed by atoms with Gasteiger partial charge in [-0.05, 0) is 10.4 Å². The molecule has 0 radical (unpaired) electrons. The first-order valence-electron chi connectivity index (χ1n) is 2.98. The minimum Gasteiger partial charge on any atom is -0.480 e. The molecule has 60 valence electrons. The lowest BCUT2D eigenvalue weighted by Gasteiger charge is -2.04. The van der Waals surface area contributed by atoms with Crippen molar-refractivity contribution in [3.05, 3.63) is 0 Å². The van der Waals surface area contributed by atoms with E-state index in [1.54, 1.807) is 0 Å². The zero-order valence-electron chi connectivity index (χ0n) is 5.58. The second kappa shape index (κ2) is 3.15. The van der Waals surface area contributed by atoms with Gasteiger partial charge in [0, 0.05) is 6.42 Å². The highest BCUT2D eigenvalue weighted by Gasteiger charge is 2.19. The molecule has 0 spiro atoms. The molecule has 0 amide bonds. The molecule has 0 bridgehead atoms. The number of hydrogen-bond acceptors (Lipinski definition) is 6. The van der Waals surface area contributed by atoms with E-state index in [4.69, 9.17) is 10.8 Å². The third kappa shape index (κ3) is 2.04. The van der Waals surface area contributed by atoms with E-state index in [0.717, 1.165) is 0 Å². The third-order valence-corrected chi connectivity index (χ3v) is 1.19. The molecule has 0 saturated heterocycles. The Hall–Kier alpha value is -1.37. The lowest BCUT2D eigenvalue weighted by Crippen LogP contribution is -2.32. The molecule has 0 aromatic rings. The normalized spacial score (nSPS) is 19.0. The first-order chi connectivity index (χ1) is 5.20. The van der Waals surface area contributed by atoms with Crippen molar-refractivity contribution < 1.29 is 9.90 Å². The van der Waals surface area contributed by atoms with E-state index in [2.05, 4.69) is 20.7 Å². The number of carbonyl (C=O) groups is 1. The van der Waals surface area contributed by atoms with Crippen LogP contribution < -0.4 is 5.73 Å². The van der Waals surface area contributed by atoms with Crippen LogP contribution in [0.1, 0.15) is 6.42 Å². The van der Waals surface area contributed by atoms with Crippen LogP contribution >= 0.6 is 0 Å². The van der Waals surface area contributed by atoms with Crippen molar-refractivity contribution in [1.29, 1.82) is 0 Å². The first-order valence-corrected chi connectivity index (χ1v) is 2.98. The van der Waals surface area contributed by atoms with Gasteiger partial charge in [0.15, 0.2) is 6.17 Å². The summed E-state index contributed by atoms with van der Waals surface area (Å²) in [5.41, 5.74) is 5.19. The van der Waals surface area contributed by atoms with Gasteiger partial charge in [-0.3, -0.25) is 4.79 Å². The molecule has 1 aliphatic rings. The zero-order chi connectivity index (χ0) is 8.27. The predicted octanol–water partition coefficient (Wildman–Crippen LogP) is -0.0525. The molecule has 3 N–H and O–H groups in total. The largest absolute Gasteiger partial charge is 0.480 e. The number of carboxylic acid groups (broad SMARTS) is 1. The molecule has 0 aromatic carbocycles. The monoisotopic (exact) mass is 157 g/mol. The van der Waals surface area contributed by atoms with Crippen LogP contribution in [0.15, 0.2) is 20.7 Å². The maximum absolute atomic E-state index is 10.2. The Kier molecular flexibility index (Phi) is 2.21. The summed E-state index contributed by atoms with van der Waals surface area (Å²) in [4.78, 5) is 10.2. The lowest BCUT2D eigenvalue weighted by atomic mass is 10.2. The quantitative estimate of drug-likeness (QED) is 0.598. The first kappa shape index (κ1) is 7.73. The molecule has 11 heavy (non-hydrogen) atoms. The van der Waals surface area contributed by atoms with Gasteiger partial charge < -0.3 is 10.8 Å². The summed E-state index contributed by atoms with van der Waals surface area (Å²) in [7, 11) is 0. The second-order valence-corrected chi connectivity index (χ2v) is 2.07. The third-order valence-electron chi connectivity index (χ3n) is 1.19.